The molecule has 0 heterocycles. The molecule has 0 saturated carbocycles. The average Bonchev–Trinajstić information content (AvgIpc) is 2.47. The molecule has 0 radical (unpaired) electrons. The standard InChI is InChI=1S/C15H12BrFN2O/c16-14-3-2-13(6-11(14)7-18)20-9-10-1-4-15(17)12(5-10)8-19/h1-6H,7,9,18H2. The molecule has 5 heteroatoms. The fraction of sp³-hybridized carbons (Fsp3) is 0.133. The Kier molecular flexibility index (Phi) is 4.72. The van der Waals surface area contributed by atoms with E-state index in [1.165, 1.54) is 12.1 Å². The highest BCUT2D eigenvalue weighted by atomic mass is 79.9. The zero-order valence-electron chi connectivity index (χ0n) is 10.6. The van der Waals surface area contributed by atoms with Gasteiger partial charge in [0.1, 0.15) is 24.2 Å². The molecule has 102 valence electrons. The van der Waals surface area contributed by atoms with Crippen LogP contribution in [-0.2, 0) is 13.2 Å². The molecular weight excluding hydrogens is 323 g/mol. The fourth-order valence-corrected chi connectivity index (χ4v) is 2.12. The van der Waals surface area contributed by atoms with Crippen LogP contribution in [0.2, 0.25) is 0 Å². The lowest BCUT2D eigenvalue weighted by Crippen LogP contribution is -2.00. The van der Waals surface area contributed by atoms with Crippen molar-refractivity contribution in [1.82, 2.24) is 0 Å². The van der Waals surface area contributed by atoms with Gasteiger partial charge in [0, 0.05) is 11.0 Å². The zero-order valence-corrected chi connectivity index (χ0v) is 12.2. The Bertz CT molecular complexity index is 667. The molecule has 0 aliphatic heterocycles. The molecule has 3 nitrogen and oxygen atoms in total. The van der Waals surface area contributed by atoms with Gasteiger partial charge in [0.05, 0.1) is 5.56 Å². The third kappa shape index (κ3) is 3.35. The predicted octanol–water partition coefficient (Wildman–Crippen LogP) is 3.50. The van der Waals surface area contributed by atoms with Gasteiger partial charge in [0.15, 0.2) is 0 Å². The summed E-state index contributed by atoms with van der Waals surface area (Å²) in [5, 5.41) is 8.78. The Morgan fingerprint density at radius 3 is 2.75 bits per heavy atom. The molecule has 20 heavy (non-hydrogen) atoms. The van der Waals surface area contributed by atoms with Crippen molar-refractivity contribution in [2.75, 3.05) is 0 Å². The number of nitrogens with zero attached hydrogens (tertiary/aromatic N) is 1. The first-order chi connectivity index (χ1) is 9.63. The van der Waals surface area contributed by atoms with Crippen molar-refractivity contribution in [3.63, 3.8) is 0 Å². The lowest BCUT2D eigenvalue weighted by atomic mass is 10.1. The monoisotopic (exact) mass is 334 g/mol. The number of nitriles is 1. The summed E-state index contributed by atoms with van der Waals surface area (Å²) in [4.78, 5) is 0. The second-order valence-electron chi connectivity index (χ2n) is 4.17. The molecule has 0 unspecified atom stereocenters. The lowest BCUT2D eigenvalue weighted by molar-refractivity contribution is 0.305. The van der Waals surface area contributed by atoms with Crippen molar-refractivity contribution in [1.29, 1.82) is 5.26 Å². The number of rotatable bonds is 4. The Morgan fingerprint density at radius 2 is 2.05 bits per heavy atom. The van der Waals surface area contributed by atoms with Gasteiger partial charge < -0.3 is 10.5 Å². The molecule has 2 rings (SSSR count). The highest BCUT2D eigenvalue weighted by molar-refractivity contribution is 9.10. The highest BCUT2D eigenvalue weighted by Crippen LogP contribution is 2.23. The Hall–Kier alpha value is -1.90. The minimum Gasteiger partial charge on any atom is -0.489 e. The quantitative estimate of drug-likeness (QED) is 0.930. The third-order valence-electron chi connectivity index (χ3n) is 2.79. The van der Waals surface area contributed by atoms with Crippen LogP contribution in [0.25, 0.3) is 0 Å². The van der Waals surface area contributed by atoms with E-state index < -0.39 is 5.82 Å². The smallest absolute Gasteiger partial charge is 0.140 e. The van der Waals surface area contributed by atoms with E-state index in [9.17, 15) is 4.39 Å². The minimum atomic E-state index is -0.523. The summed E-state index contributed by atoms with van der Waals surface area (Å²) in [7, 11) is 0. The van der Waals surface area contributed by atoms with Crippen molar-refractivity contribution >= 4 is 15.9 Å². The molecule has 0 aliphatic carbocycles. The molecule has 0 amide bonds. The summed E-state index contributed by atoms with van der Waals surface area (Å²) < 4.78 is 19.7. The zero-order chi connectivity index (χ0) is 14.5. The van der Waals surface area contributed by atoms with Crippen LogP contribution >= 0.6 is 15.9 Å². The van der Waals surface area contributed by atoms with Crippen LogP contribution in [0.15, 0.2) is 40.9 Å². The van der Waals surface area contributed by atoms with Crippen LogP contribution in [-0.4, -0.2) is 0 Å². The molecule has 0 saturated heterocycles. The largest absolute Gasteiger partial charge is 0.489 e. The van der Waals surface area contributed by atoms with E-state index in [4.69, 9.17) is 15.7 Å². The molecule has 0 atom stereocenters. The van der Waals surface area contributed by atoms with Crippen molar-refractivity contribution in [2.45, 2.75) is 13.2 Å². The number of benzene rings is 2. The molecule has 2 aromatic carbocycles. The van der Waals surface area contributed by atoms with Gasteiger partial charge in [-0.2, -0.15) is 5.26 Å². The van der Waals surface area contributed by atoms with E-state index in [1.807, 2.05) is 18.2 Å². The molecule has 0 aromatic heterocycles. The first-order valence-corrected chi connectivity index (χ1v) is 6.73. The first kappa shape index (κ1) is 14.5. The first-order valence-electron chi connectivity index (χ1n) is 5.94. The molecule has 2 N–H and O–H groups in total. The predicted molar refractivity (Wildman–Crippen MR) is 77.5 cm³/mol. The van der Waals surface area contributed by atoms with Gasteiger partial charge in [0.25, 0.3) is 0 Å². The van der Waals surface area contributed by atoms with Gasteiger partial charge >= 0.3 is 0 Å². The summed E-state index contributed by atoms with van der Waals surface area (Å²) in [5.74, 6) is 0.154. The fourth-order valence-electron chi connectivity index (χ4n) is 1.71. The SMILES string of the molecule is N#Cc1cc(COc2ccc(Br)c(CN)c2)ccc1F. The highest BCUT2D eigenvalue weighted by Gasteiger charge is 2.05. The lowest BCUT2D eigenvalue weighted by Gasteiger charge is -2.09. The van der Waals surface area contributed by atoms with E-state index in [0.717, 1.165) is 15.6 Å². The van der Waals surface area contributed by atoms with Crippen LogP contribution in [0.3, 0.4) is 0 Å². The van der Waals surface area contributed by atoms with Gasteiger partial charge in [0.2, 0.25) is 0 Å². The van der Waals surface area contributed by atoms with Crippen LogP contribution in [0.4, 0.5) is 4.39 Å². The summed E-state index contributed by atoms with van der Waals surface area (Å²) in [6.07, 6.45) is 0. The second-order valence-corrected chi connectivity index (χ2v) is 5.03. The molecule has 0 fully saturated rings. The Morgan fingerprint density at radius 1 is 1.25 bits per heavy atom. The molecule has 0 aliphatic rings. The van der Waals surface area contributed by atoms with E-state index >= 15 is 0 Å². The van der Waals surface area contributed by atoms with Crippen LogP contribution < -0.4 is 10.5 Å². The summed E-state index contributed by atoms with van der Waals surface area (Å²) >= 11 is 3.40. The van der Waals surface area contributed by atoms with Gasteiger partial charge in [-0.25, -0.2) is 4.39 Å². The molecule has 0 spiro atoms. The average molecular weight is 335 g/mol. The van der Waals surface area contributed by atoms with E-state index in [2.05, 4.69) is 15.9 Å². The van der Waals surface area contributed by atoms with Gasteiger partial charge in [-0.15, -0.1) is 0 Å². The van der Waals surface area contributed by atoms with E-state index in [-0.39, 0.29) is 12.2 Å². The number of nitrogens with two attached hydrogens (primary N) is 1. The van der Waals surface area contributed by atoms with Crippen LogP contribution in [0, 0.1) is 17.1 Å². The van der Waals surface area contributed by atoms with Crippen molar-refractivity contribution in [2.24, 2.45) is 5.73 Å². The molecule has 2 aromatic rings. The van der Waals surface area contributed by atoms with E-state index in [0.29, 0.717) is 12.3 Å². The number of hydrogen-bond donors (Lipinski definition) is 1. The number of ether oxygens (including phenoxy) is 1. The van der Waals surface area contributed by atoms with Gasteiger partial charge in [-0.1, -0.05) is 22.0 Å². The maximum Gasteiger partial charge on any atom is 0.140 e. The third-order valence-corrected chi connectivity index (χ3v) is 3.57. The minimum absolute atomic E-state index is 0.0181. The van der Waals surface area contributed by atoms with Crippen LogP contribution in [0.5, 0.6) is 5.75 Å². The summed E-state index contributed by atoms with van der Waals surface area (Å²) in [6, 6.07) is 11.7. The van der Waals surface area contributed by atoms with Crippen molar-refractivity contribution in [3.05, 3.63) is 63.4 Å². The van der Waals surface area contributed by atoms with Crippen molar-refractivity contribution < 1.29 is 9.13 Å². The Balaban J connectivity index is 2.11. The van der Waals surface area contributed by atoms with Crippen molar-refractivity contribution in [3.8, 4) is 11.8 Å². The van der Waals surface area contributed by atoms with Gasteiger partial charge in [-0.05, 0) is 41.5 Å². The van der Waals surface area contributed by atoms with Gasteiger partial charge in [-0.3, -0.25) is 0 Å². The normalized spacial score (nSPS) is 10.1. The molecule has 0 bridgehead atoms. The van der Waals surface area contributed by atoms with E-state index in [1.54, 1.807) is 12.1 Å². The van der Waals surface area contributed by atoms with Crippen LogP contribution in [0.1, 0.15) is 16.7 Å². The number of halogens is 2. The summed E-state index contributed by atoms with van der Waals surface area (Å²) in [6.45, 7) is 0.674. The maximum atomic E-state index is 13.2. The topological polar surface area (TPSA) is 59.0 Å². The summed E-state index contributed by atoms with van der Waals surface area (Å²) in [5.41, 5.74) is 7.32. The maximum absolute atomic E-state index is 13.2. The Labute approximate surface area is 124 Å². The molecular formula is C15H12BrFN2O. The number of hydrogen-bond acceptors (Lipinski definition) is 3. The second kappa shape index (κ2) is 6.51.